The third-order valence-electron chi connectivity index (χ3n) is 4.64. The number of nitrogens with one attached hydrogen (secondary N) is 1. The van der Waals surface area contributed by atoms with Crippen molar-refractivity contribution in [2.24, 2.45) is 0 Å². The van der Waals surface area contributed by atoms with E-state index in [0.717, 1.165) is 11.1 Å². The topological polar surface area (TPSA) is 49.4 Å². The Hall–Kier alpha value is -3.11. The molecule has 0 spiro atoms. The van der Waals surface area contributed by atoms with Gasteiger partial charge < -0.3 is 10.2 Å². The fourth-order valence-corrected chi connectivity index (χ4v) is 3.46. The standard InChI is InChI=1S/C22H17ClN2O2/c23-17-10-12-18(13-11-17)24-21(26)20(15-6-2-1-3-7-15)25-14-16-8-4-5-9-19(16)22(25)27/h1-13,20H,14H2,(H,24,26). The van der Waals surface area contributed by atoms with Crippen molar-refractivity contribution in [2.45, 2.75) is 12.6 Å². The molecule has 2 amide bonds. The Kier molecular flexibility index (Phi) is 4.65. The number of hydrogen-bond acceptors (Lipinski definition) is 2. The van der Waals surface area contributed by atoms with E-state index >= 15 is 0 Å². The van der Waals surface area contributed by atoms with Crippen molar-refractivity contribution in [2.75, 3.05) is 5.32 Å². The van der Waals surface area contributed by atoms with Gasteiger partial charge in [-0.1, -0.05) is 60.1 Å². The van der Waals surface area contributed by atoms with Gasteiger partial charge >= 0.3 is 0 Å². The third-order valence-corrected chi connectivity index (χ3v) is 4.89. The summed E-state index contributed by atoms with van der Waals surface area (Å²) in [5, 5.41) is 3.50. The highest BCUT2D eigenvalue weighted by Gasteiger charge is 2.37. The van der Waals surface area contributed by atoms with Gasteiger partial charge in [-0.05, 0) is 41.5 Å². The largest absolute Gasteiger partial charge is 0.324 e. The maximum absolute atomic E-state index is 13.1. The van der Waals surface area contributed by atoms with E-state index in [2.05, 4.69) is 5.32 Å². The maximum atomic E-state index is 13.1. The summed E-state index contributed by atoms with van der Waals surface area (Å²) in [6.45, 7) is 0.405. The zero-order valence-electron chi connectivity index (χ0n) is 14.4. The van der Waals surface area contributed by atoms with Crippen molar-refractivity contribution >= 4 is 29.1 Å². The Morgan fingerprint density at radius 1 is 0.926 bits per heavy atom. The highest BCUT2D eigenvalue weighted by molar-refractivity contribution is 6.30. The quantitative estimate of drug-likeness (QED) is 0.719. The summed E-state index contributed by atoms with van der Waals surface area (Å²) in [5.41, 5.74) is 2.99. The van der Waals surface area contributed by atoms with Crippen molar-refractivity contribution in [1.29, 1.82) is 0 Å². The zero-order chi connectivity index (χ0) is 18.8. The van der Waals surface area contributed by atoms with Crippen LogP contribution in [0, 0.1) is 0 Å². The SMILES string of the molecule is O=C(Nc1ccc(Cl)cc1)C(c1ccccc1)N1Cc2ccccc2C1=O. The molecule has 1 heterocycles. The molecule has 0 aliphatic carbocycles. The summed E-state index contributed by atoms with van der Waals surface area (Å²) in [4.78, 5) is 27.7. The molecule has 0 radical (unpaired) electrons. The molecular formula is C22H17ClN2O2. The number of fused-ring (bicyclic) bond motifs is 1. The molecule has 0 saturated carbocycles. The molecule has 4 nitrogen and oxygen atoms in total. The van der Waals surface area contributed by atoms with Gasteiger partial charge in [0.05, 0.1) is 0 Å². The molecule has 3 aromatic rings. The molecule has 1 unspecified atom stereocenters. The fourth-order valence-electron chi connectivity index (χ4n) is 3.34. The van der Waals surface area contributed by atoms with E-state index in [9.17, 15) is 9.59 Å². The van der Waals surface area contributed by atoms with Crippen LogP contribution in [0.4, 0.5) is 5.69 Å². The van der Waals surface area contributed by atoms with E-state index in [1.165, 1.54) is 0 Å². The monoisotopic (exact) mass is 376 g/mol. The van der Waals surface area contributed by atoms with Gasteiger partial charge in [-0.25, -0.2) is 0 Å². The van der Waals surface area contributed by atoms with E-state index in [0.29, 0.717) is 22.8 Å². The lowest BCUT2D eigenvalue weighted by molar-refractivity contribution is -0.120. The fraction of sp³-hybridized carbons (Fsp3) is 0.0909. The van der Waals surface area contributed by atoms with Gasteiger partial charge in [0.25, 0.3) is 11.8 Å². The lowest BCUT2D eigenvalue weighted by Crippen LogP contribution is -2.37. The number of carbonyl (C=O) groups is 2. The number of hydrogen-bond donors (Lipinski definition) is 1. The minimum absolute atomic E-state index is 0.134. The van der Waals surface area contributed by atoms with Crippen LogP contribution in [-0.2, 0) is 11.3 Å². The number of carbonyl (C=O) groups excluding carboxylic acids is 2. The van der Waals surface area contributed by atoms with E-state index in [1.54, 1.807) is 35.2 Å². The number of anilines is 1. The van der Waals surface area contributed by atoms with Crippen molar-refractivity contribution < 1.29 is 9.59 Å². The number of benzene rings is 3. The van der Waals surface area contributed by atoms with E-state index in [-0.39, 0.29) is 11.8 Å². The third kappa shape index (κ3) is 3.44. The molecule has 0 saturated heterocycles. The Balaban J connectivity index is 1.67. The second-order valence-electron chi connectivity index (χ2n) is 6.40. The van der Waals surface area contributed by atoms with Gasteiger partial charge in [0.15, 0.2) is 0 Å². The van der Waals surface area contributed by atoms with Crippen LogP contribution in [0.1, 0.15) is 27.5 Å². The second-order valence-corrected chi connectivity index (χ2v) is 6.84. The van der Waals surface area contributed by atoms with Crippen molar-refractivity contribution in [3.8, 4) is 0 Å². The molecule has 134 valence electrons. The van der Waals surface area contributed by atoms with Crippen LogP contribution in [0.3, 0.4) is 0 Å². The second kappa shape index (κ2) is 7.25. The van der Waals surface area contributed by atoms with Crippen molar-refractivity contribution in [1.82, 2.24) is 4.90 Å². The molecule has 4 rings (SSSR count). The van der Waals surface area contributed by atoms with Crippen LogP contribution in [-0.4, -0.2) is 16.7 Å². The van der Waals surface area contributed by atoms with Gasteiger partial charge in [-0.2, -0.15) is 0 Å². The Morgan fingerprint density at radius 3 is 2.30 bits per heavy atom. The number of amides is 2. The zero-order valence-corrected chi connectivity index (χ0v) is 15.2. The maximum Gasteiger partial charge on any atom is 0.255 e. The molecule has 1 atom stereocenters. The predicted molar refractivity (Wildman–Crippen MR) is 106 cm³/mol. The smallest absolute Gasteiger partial charge is 0.255 e. The molecular weight excluding hydrogens is 360 g/mol. The van der Waals surface area contributed by atoms with Gasteiger partial charge in [0.2, 0.25) is 0 Å². The number of halogens is 1. The van der Waals surface area contributed by atoms with Crippen LogP contribution in [0.15, 0.2) is 78.9 Å². The van der Waals surface area contributed by atoms with E-state index in [4.69, 9.17) is 11.6 Å². The van der Waals surface area contributed by atoms with Gasteiger partial charge in [0, 0.05) is 22.8 Å². The minimum Gasteiger partial charge on any atom is -0.324 e. The van der Waals surface area contributed by atoms with Crippen LogP contribution < -0.4 is 5.32 Å². The summed E-state index contributed by atoms with van der Waals surface area (Å²) in [7, 11) is 0. The first-order valence-corrected chi connectivity index (χ1v) is 9.01. The molecule has 1 aliphatic heterocycles. The Bertz CT molecular complexity index is 987. The normalized spacial score (nSPS) is 14.0. The first-order valence-electron chi connectivity index (χ1n) is 8.64. The molecule has 1 N–H and O–H groups in total. The lowest BCUT2D eigenvalue weighted by atomic mass is 10.0. The van der Waals surface area contributed by atoms with Gasteiger partial charge in [-0.3, -0.25) is 9.59 Å². The lowest BCUT2D eigenvalue weighted by Gasteiger charge is -2.27. The van der Waals surface area contributed by atoms with E-state index in [1.807, 2.05) is 48.5 Å². The van der Waals surface area contributed by atoms with Crippen LogP contribution in [0.2, 0.25) is 5.02 Å². The molecule has 5 heteroatoms. The van der Waals surface area contributed by atoms with Crippen molar-refractivity contribution in [3.05, 3.63) is 101 Å². The molecule has 0 fully saturated rings. The molecule has 0 aromatic heterocycles. The molecule has 3 aromatic carbocycles. The number of nitrogens with zero attached hydrogens (tertiary/aromatic N) is 1. The molecule has 0 bridgehead atoms. The Morgan fingerprint density at radius 2 is 1.59 bits per heavy atom. The highest BCUT2D eigenvalue weighted by Crippen LogP contribution is 2.32. The van der Waals surface area contributed by atoms with Crippen LogP contribution in [0.5, 0.6) is 0 Å². The average Bonchev–Trinajstić information content (AvgIpc) is 3.01. The molecule has 27 heavy (non-hydrogen) atoms. The van der Waals surface area contributed by atoms with Crippen LogP contribution in [0.25, 0.3) is 0 Å². The van der Waals surface area contributed by atoms with Gasteiger partial charge in [0.1, 0.15) is 6.04 Å². The summed E-state index contributed by atoms with van der Waals surface area (Å²) in [6, 6.07) is 23.0. The summed E-state index contributed by atoms with van der Waals surface area (Å²) < 4.78 is 0. The summed E-state index contributed by atoms with van der Waals surface area (Å²) >= 11 is 5.92. The predicted octanol–water partition coefficient (Wildman–Crippen LogP) is 4.68. The summed E-state index contributed by atoms with van der Waals surface area (Å²) in [5.74, 6) is -0.393. The first kappa shape index (κ1) is 17.3. The van der Waals surface area contributed by atoms with Crippen LogP contribution >= 0.6 is 11.6 Å². The number of rotatable bonds is 4. The Labute approximate surface area is 162 Å². The minimum atomic E-state index is -0.721. The highest BCUT2D eigenvalue weighted by atomic mass is 35.5. The average molecular weight is 377 g/mol. The van der Waals surface area contributed by atoms with E-state index < -0.39 is 6.04 Å². The molecule has 1 aliphatic rings. The first-order chi connectivity index (χ1) is 13.1. The van der Waals surface area contributed by atoms with Crippen molar-refractivity contribution in [3.63, 3.8) is 0 Å². The van der Waals surface area contributed by atoms with Gasteiger partial charge in [-0.15, -0.1) is 0 Å². The summed E-state index contributed by atoms with van der Waals surface area (Å²) in [6.07, 6.45) is 0.